The van der Waals surface area contributed by atoms with Gasteiger partial charge in [-0.05, 0) is 5.56 Å². The maximum Gasteiger partial charge on any atom is 0.242 e. The molecule has 1 aromatic carbocycles. The highest BCUT2D eigenvalue weighted by atomic mass is 16.3. The summed E-state index contributed by atoms with van der Waals surface area (Å²) in [7, 11) is 0. The fraction of sp³-hybridized carbons (Fsp3) is 0.0833. The Bertz CT molecular complexity index is 681. The topological polar surface area (TPSA) is 94.9 Å². The minimum absolute atomic E-state index is 0.206. The van der Waals surface area contributed by atoms with Gasteiger partial charge in [-0.1, -0.05) is 30.3 Å². The van der Waals surface area contributed by atoms with E-state index in [0.29, 0.717) is 17.0 Å². The largest absolute Gasteiger partial charge is 0.492 e. The van der Waals surface area contributed by atoms with Gasteiger partial charge in [-0.15, -0.1) is 0 Å². The number of aromatic amines is 1. The van der Waals surface area contributed by atoms with Gasteiger partial charge in [0.15, 0.2) is 11.2 Å². The van der Waals surface area contributed by atoms with Crippen molar-refractivity contribution in [2.45, 2.75) is 6.10 Å². The number of benzene rings is 1. The summed E-state index contributed by atoms with van der Waals surface area (Å²) in [6.45, 7) is 0. The van der Waals surface area contributed by atoms with E-state index in [9.17, 15) is 10.2 Å². The third kappa shape index (κ3) is 1.68. The predicted octanol–water partition coefficient (Wildman–Crippen LogP) is 1.14. The molecule has 3 N–H and O–H groups in total. The summed E-state index contributed by atoms with van der Waals surface area (Å²) in [5, 5.41) is 19.7. The smallest absolute Gasteiger partial charge is 0.242 e. The Morgan fingerprint density at radius 3 is 2.61 bits per heavy atom. The number of aromatic nitrogens is 4. The first kappa shape index (κ1) is 10.7. The summed E-state index contributed by atoms with van der Waals surface area (Å²) < 4.78 is 0. The van der Waals surface area contributed by atoms with Gasteiger partial charge in [-0.25, -0.2) is 9.97 Å². The van der Waals surface area contributed by atoms with Crippen LogP contribution in [0.5, 0.6) is 5.88 Å². The van der Waals surface area contributed by atoms with Crippen molar-refractivity contribution in [2.24, 2.45) is 0 Å². The minimum atomic E-state index is -0.889. The molecule has 0 aliphatic carbocycles. The van der Waals surface area contributed by atoms with E-state index in [0.717, 1.165) is 0 Å². The Morgan fingerprint density at radius 2 is 1.89 bits per heavy atom. The van der Waals surface area contributed by atoms with Crippen LogP contribution in [0.1, 0.15) is 17.5 Å². The maximum absolute atomic E-state index is 10.2. The second-order valence-corrected chi connectivity index (χ2v) is 3.83. The number of imidazole rings is 1. The van der Waals surface area contributed by atoms with Crippen molar-refractivity contribution in [3.8, 4) is 5.88 Å². The highest BCUT2D eigenvalue weighted by molar-refractivity contribution is 5.75. The quantitative estimate of drug-likeness (QED) is 0.626. The molecule has 0 saturated heterocycles. The van der Waals surface area contributed by atoms with Crippen LogP contribution in [-0.2, 0) is 0 Å². The van der Waals surface area contributed by atoms with Gasteiger partial charge in [0.1, 0.15) is 18.3 Å². The molecular weight excluding hydrogens is 232 g/mol. The van der Waals surface area contributed by atoms with Crippen molar-refractivity contribution in [3.05, 3.63) is 48.0 Å². The van der Waals surface area contributed by atoms with Crippen molar-refractivity contribution in [1.82, 2.24) is 19.9 Å². The molecular formula is C12H10N4O2. The first-order valence-corrected chi connectivity index (χ1v) is 5.38. The molecule has 18 heavy (non-hydrogen) atoms. The normalized spacial score (nSPS) is 12.7. The molecule has 3 rings (SSSR count). The van der Waals surface area contributed by atoms with E-state index in [-0.39, 0.29) is 11.4 Å². The molecule has 6 nitrogen and oxygen atoms in total. The number of aliphatic hydroxyl groups is 1. The van der Waals surface area contributed by atoms with Gasteiger partial charge in [0.05, 0.1) is 0 Å². The maximum atomic E-state index is 10.2. The lowest BCUT2D eigenvalue weighted by atomic mass is 10.1. The number of nitrogens with zero attached hydrogens (tertiary/aromatic N) is 3. The fourth-order valence-electron chi connectivity index (χ4n) is 1.76. The predicted molar refractivity (Wildman–Crippen MR) is 63.9 cm³/mol. The molecule has 0 spiro atoms. The number of H-pyrrole nitrogens is 1. The van der Waals surface area contributed by atoms with E-state index in [1.165, 1.54) is 6.33 Å². The van der Waals surface area contributed by atoms with Crippen molar-refractivity contribution < 1.29 is 10.2 Å². The second kappa shape index (κ2) is 4.08. The molecule has 1 unspecified atom stereocenters. The van der Waals surface area contributed by atoms with Gasteiger partial charge in [0.2, 0.25) is 5.88 Å². The van der Waals surface area contributed by atoms with Crippen LogP contribution in [0.25, 0.3) is 11.2 Å². The van der Waals surface area contributed by atoms with Crippen LogP contribution in [0.15, 0.2) is 36.7 Å². The molecule has 0 aliphatic heterocycles. The summed E-state index contributed by atoms with van der Waals surface area (Å²) >= 11 is 0. The van der Waals surface area contributed by atoms with Crippen LogP contribution in [0.2, 0.25) is 0 Å². The molecule has 0 bridgehead atoms. The molecule has 1 atom stereocenters. The Morgan fingerprint density at radius 1 is 1.11 bits per heavy atom. The van der Waals surface area contributed by atoms with Gasteiger partial charge < -0.3 is 15.2 Å². The highest BCUT2D eigenvalue weighted by Gasteiger charge is 2.16. The first-order chi connectivity index (χ1) is 8.75. The average molecular weight is 242 g/mol. The lowest BCUT2D eigenvalue weighted by Gasteiger charge is -2.06. The first-order valence-electron chi connectivity index (χ1n) is 5.38. The Labute approximate surface area is 102 Å². The number of nitrogens with one attached hydrogen (secondary N) is 1. The Kier molecular flexibility index (Phi) is 2.42. The number of aromatic hydroxyl groups is 1. The van der Waals surface area contributed by atoms with Crippen molar-refractivity contribution in [1.29, 1.82) is 0 Å². The van der Waals surface area contributed by atoms with E-state index in [1.54, 1.807) is 12.1 Å². The molecule has 0 amide bonds. The monoisotopic (exact) mass is 242 g/mol. The SMILES string of the molecule is Oc1ncnc2[nH]c(C(O)c3ccccc3)nc12. The van der Waals surface area contributed by atoms with E-state index in [2.05, 4.69) is 19.9 Å². The van der Waals surface area contributed by atoms with Crippen molar-refractivity contribution in [3.63, 3.8) is 0 Å². The van der Waals surface area contributed by atoms with E-state index in [4.69, 9.17) is 0 Å². The summed E-state index contributed by atoms with van der Waals surface area (Å²) in [4.78, 5) is 14.5. The fourth-order valence-corrected chi connectivity index (χ4v) is 1.76. The summed E-state index contributed by atoms with van der Waals surface area (Å²) in [5.74, 6) is 0.120. The van der Waals surface area contributed by atoms with Crippen LogP contribution in [-0.4, -0.2) is 30.1 Å². The van der Waals surface area contributed by atoms with Crippen LogP contribution < -0.4 is 0 Å². The summed E-state index contributed by atoms with van der Waals surface area (Å²) in [5.41, 5.74) is 1.36. The Hall–Kier alpha value is -2.47. The molecule has 90 valence electrons. The number of hydrogen-bond donors (Lipinski definition) is 3. The number of hydrogen-bond acceptors (Lipinski definition) is 5. The molecule has 6 heteroatoms. The number of aliphatic hydroxyl groups excluding tert-OH is 1. The zero-order valence-corrected chi connectivity index (χ0v) is 9.28. The van der Waals surface area contributed by atoms with Gasteiger partial charge in [-0.2, -0.15) is 4.98 Å². The van der Waals surface area contributed by atoms with Crippen LogP contribution in [0.3, 0.4) is 0 Å². The average Bonchev–Trinajstić information content (AvgIpc) is 2.84. The molecule has 0 saturated carbocycles. The highest BCUT2D eigenvalue weighted by Crippen LogP contribution is 2.23. The third-order valence-electron chi connectivity index (χ3n) is 2.66. The molecule has 2 heterocycles. The summed E-state index contributed by atoms with van der Waals surface area (Å²) in [6, 6.07) is 9.12. The number of fused-ring (bicyclic) bond motifs is 1. The zero-order valence-electron chi connectivity index (χ0n) is 9.28. The van der Waals surface area contributed by atoms with Crippen molar-refractivity contribution >= 4 is 11.2 Å². The Balaban J connectivity index is 2.07. The second-order valence-electron chi connectivity index (χ2n) is 3.83. The van der Waals surface area contributed by atoms with Crippen molar-refractivity contribution in [2.75, 3.05) is 0 Å². The van der Waals surface area contributed by atoms with Gasteiger partial charge >= 0.3 is 0 Å². The molecule has 0 aliphatic rings. The zero-order chi connectivity index (χ0) is 12.5. The third-order valence-corrected chi connectivity index (χ3v) is 2.66. The number of rotatable bonds is 2. The molecule has 2 aromatic heterocycles. The summed E-state index contributed by atoms with van der Waals surface area (Å²) in [6.07, 6.45) is 0.342. The molecule has 0 radical (unpaired) electrons. The van der Waals surface area contributed by atoms with Crippen LogP contribution >= 0.6 is 0 Å². The molecule has 0 fully saturated rings. The van der Waals surface area contributed by atoms with E-state index >= 15 is 0 Å². The van der Waals surface area contributed by atoms with Crippen LogP contribution in [0.4, 0.5) is 0 Å². The lowest BCUT2D eigenvalue weighted by molar-refractivity contribution is 0.211. The van der Waals surface area contributed by atoms with Gasteiger partial charge in [0.25, 0.3) is 0 Å². The van der Waals surface area contributed by atoms with E-state index in [1.807, 2.05) is 18.2 Å². The van der Waals surface area contributed by atoms with E-state index < -0.39 is 6.10 Å². The van der Waals surface area contributed by atoms with Crippen LogP contribution in [0, 0.1) is 0 Å². The minimum Gasteiger partial charge on any atom is -0.492 e. The standard InChI is InChI=1S/C12H10N4O2/c17-9(7-4-2-1-3-5-7)11-15-8-10(16-11)13-6-14-12(8)18/h1-6,9,17H,(H2,13,14,15,16,18). The molecule has 3 aromatic rings. The lowest BCUT2D eigenvalue weighted by Crippen LogP contribution is -2.01. The van der Waals surface area contributed by atoms with Gasteiger partial charge in [-0.3, -0.25) is 0 Å². The van der Waals surface area contributed by atoms with Gasteiger partial charge in [0, 0.05) is 0 Å².